The van der Waals surface area contributed by atoms with Crippen molar-refractivity contribution in [3.8, 4) is 0 Å². The van der Waals surface area contributed by atoms with Gasteiger partial charge in [-0.3, -0.25) is 14.4 Å². The molecule has 7 atom stereocenters. The fourth-order valence-electron chi connectivity index (χ4n) is 6.31. The molecule has 0 aromatic rings. The van der Waals surface area contributed by atoms with Gasteiger partial charge < -0.3 is 18.9 Å². The quantitative estimate of drug-likeness (QED) is 0.312. The lowest BCUT2D eigenvalue weighted by Gasteiger charge is -2.57. The molecule has 0 aromatic carbocycles. The van der Waals surface area contributed by atoms with Gasteiger partial charge in [-0.25, -0.2) is 4.79 Å². The summed E-state index contributed by atoms with van der Waals surface area (Å²) in [7, 11) is 0. The van der Waals surface area contributed by atoms with E-state index in [1.807, 2.05) is 6.92 Å². The summed E-state index contributed by atoms with van der Waals surface area (Å²) < 4.78 is 21.9. The normalized spacial score (nSPS) is 33.8. The Kier molecular flexibility index (Phi) is 7.88. The molecule has 8 heteroatoms. The molecular weight excluding hydrogens is 440 g/mol. The maximum atomic E-state index is 12.3. The standard InChI is InChI=1S/C26H36O8/c1-14-7-8-21-24(20(14)12-22(33-17(4)28)19-9-10-31-25(19)30)15(2)11-23(34-18(5)29)26(21,6)13-32-16(3)27/h9,15,20-24H,1,7-8,10-13H2,2-6H3/t15-,20?,21?,22?,23?,24?,26?/m0/s1. The third-order valence-corrected chi connectivity index (χ3v) is 7.83. The van der Waals surface area contributed by atoms with E-state index in [0.29, 0.717) is 18.4 Å². The summed E-state index contributed by atoms with van der Waals surface area (Å²) in [5, 5.41) is 0. The van der Waals surface area contributed by atoms with Crippen LogP contribution in [0.15, 0.2) is 23.8 Å². The molecule has 2 saturated carbocycles. The molecule has 1 aliphatic heterocycles. The minimum atomic E-state index is -0.717. The van der Waals surface area contributed by atoms with Crippen LogP contribution in [-0.4, -0.2) is 49.3 Å². The molecular formula is C26H36O8. The van der Waals surface area contributed by atoms with E-state index >= 15 is 0 Å². The number of cyclic esters (lactones) is 1. The zero-order valence-corrected chi connectivity index (χ0v) is 20.8. The number of carbonyl (C=O) groups excluding carboxylic acids is 4. The average molecular weight is 477 g/mol. The third-order valence-electron chi connectivity index (χ3n) is 7.83. The van der Waals surface area contributed by atoms with Gasteiger partial charge in [0.1, 0.15) is 25.4 Å². The Morgan fingerprint density at radius 1 is 1.21 bits per heavy atom. The fraction of sp³-hybridized carbons (Fsp3) is 0.692. The van der Waals surface area contributed by atoms with Crippen LogP contribution in [0, 0.1) is 29.1 Å². The van der Waals surface area contributed by atoms with Gasteiger partial charge in [-0.15, -0.1) is 0 Å². The summed E-state index contributed by atoms with van der Waals surface area (Å²) in [6.45, 7) is 12.9. The van der Waals surface area contributed by atoms with Gasteiger partial charge in [-0.2, -0.15) is 0 Å². The number of fused-ring (bicyclic) bond motifs is 1. The third kappa shape index (κ3) is 5.36. The molecule has 3 rings (SSSR count). The lowest BCUT2D eigenvalue weighted by molar-refractivity contribution is -0.186. The Morgan fingerprint density at radius 3 is 2.47 bits per heavy atom. The first-order valence-corrected chi connectivity index (χ1v) is 12.0. The summed E-state index contributed by atoms with van der Waals surface area (Å²) >= 11 is 0. The minimum absolute atomic E-state index is 0.0256. The van der Waals surface area contributed by atoms with Crippen LogP contribution in [0.5, 0.6) is 0 Å². The fourth-order valence-corrected chi connectivity index (χ4v) is 6.31. The van der Waals surface area contributed by atoms with Crippen molar-refractivity contribution < 1.29 is 38.1 Å². The molecule has 0 radical (unpaired) electrons. The molecule has 0 bridgehead atoms. The maximum absolute atomic E-state index is 12.3. The molecule has 1 heterocycles. The molecule has 2 fully saturated rings. The molecule has 0 saturated heterocycles. The summed E-state index contributed by atoms with van der Waals surface area (Å²) in [4.78, 5) is 47.7. The maximum Gasteiger partial charge on any atom is 0.337 e. The van der Waals surface area contributed by atoms with Crippen LogP contribution in [0.2, 0.25) is 0 Å². The van der Waals surface area contributed by atoms with Gasteiger partial charge in [0, 0.05) is 26.2 Å². The van der Waals surface area contributed by atoms with Crippen LogP contribution in [0.3, 0.4) is 0 Å². The molecule has 34 heavy (non-hydrogen) atoms. The minimum Gasteiger partial charge on any atom is -0.465 e. The second kappa shape index (κ2) is 10.3. The first-order valence-electron chi connectivity index (χ1n) is 12.0. The highest BCUT2D eigenvalue weighted by molar-refractivity contribution is 5.92. The van der Waals surface area contributed by atoms with Crippen LogP contribution >= 0.6 is 0 Å². The Hall–Kier alpha value is -2.64. The van der Waals surface area contributed by atoms with E-state index in [2.05, 4.69) is 13.5 Å². The largest absolute Gasteiger partial charge is 0.465 e. The van der Waals surface area contributed by atoms with Gasteiger partial charge in [0.2, 0.25) is 0 Å². The summed E-state index contributed by atoms with van der Waals surface area (Å²) in [5.74, 6) is -1.31. The van der Waals surface area contributed by atoms with Crippen LogP contribution in [0.1, 0.15) is 60.3 Å². The summed E-state index contributed by atoms with van der Waals surface area (Å²) in [6.07, 6.45) is 3.18. The van der Waals surface area contributed by atoms with Crippen LogP contribution < -0.4 is 0 Å². The van der Waals surface area contributed by atoms with E-state index in [9.17, 15) is 19.2 Å². The van der Waals surface area contributed by atoms with Crippen LogP contribution in [0.25, 0.3) is 0 Å². The highest BCUT2D eigenvalue weighted by atomic mass is 16.6. The number of allylic oxidation sites excluding steroid dienone is 1. The number of ether oxygens (including phenoxy) is 4. The van der Waals surface area contributed by atoms with E-state index in [1.54, 1.807) is 6.08 Å². The van der Waals surface area contributed by atoms with E-state index in [-0.39, 0.29) is 54.9 Å². The van der Waals surface area contributed by atoms with Crippen molar-refractivity contribution >= 4 is 23.9 Å². The zero-order valence-electron chi connectivity index (χ0n) is 20.8. The molecule has 8 nitrogen and oxygen atoms in total. The molecule has 0 N–H and O–H groups in total. The molecule has 0 aromatic heterocycles. The Bertz CT molecular complexity index is 889. The van der Waals surface area contributed by atoms with E-state index in [1.165, 1.54) is 20.8 Å². The summed E-state index contributed by atoms with van der Waals surface area (Å²) in [5.41, 5.74) is 0.850. The Morgan fingerprint density at radius 2 is 1.91 bits per heavy atom. The number of hydrogen-bond donors (Lipinski definition) is 0. The lowest BCUT2D eigenvalue weighted by atomic mass is 9.50. The lowest BCUT2D eigenvalue weighted by Crippen LogP contribution is -2.57. The van der Waals surface area contributed by atoms with Crippen molar-refractivity contribution in [2.24, 2.45) is 29.1 Å². The second-order valence-electron chi connectivity index (χ2n) is 10.2. The van der Waals surface area contributed by atoms with Gasteiger partial charge in [-0.1, -0.05) is 26.0 Å². The van der Waals surface area contributed by atoms with Crippen LogP contribution in [0.4, 0.5) is 0 Å². The first-order chi connectivity index (χ1) is 15.9. The van der Waals surface area contributed by atoms with E-state index in [4.69, 9.17) is 18.9 Å². The number of carbonyl (C=O) groups is 4. The van der Waals surface area contributed by atoms with Crippen molar-refractivity contribution in [1.82, 2.24) is 0 Å². The van der Waals surface area contributed by atoms with Crippen molar-refractivity contribution in [3.05, 3.63) is 23.8 Å². The molecule has 188 valence electrons. The van der Waals surface area contributed by atoms with Crippen molar-refractivity contribution in [1.29, 1.82) is 0 Å². The van der Waals surface area contributed by atoms with Crippen molar-refractivity contribution in [3.63, 3.8) is 0 Å². The molecule has 6 unspecified atom stereocenters. The van der Waals surface area contributed by atoms with E-state index < -0.39 is 23.5 Å². The van der Waals surface area contributed by atoms with Gasteiger partial charge in [-0.05, 0) is 55.4 Å². The SMILES string of the molecule is C=C1CCC2C(C1CC(OC(C)=O)C1=CCOC1=O)[C@@H](C)CC(OC(C)=O)C2(C)COC(C)=O. The predicted octanol–water partition coefficient (Wildman–Crippen LogP) is 3.53. The zero-order chi connectivity index (χ0) is 25.2. The molecule has 2 aliphatic carbocycles. The first kappa shape index (κ1) is 26.0. The van der Waals surface area contributed by atoms with Crippen molar-refractivity contribution in [2.75, 3.05) is 13.2 Å². The Balaban J connectivity index is 1.95. The number of rotatable bonds is 7. The van der Waals surface area contributed by atoms with Gasteiger partial charge in [0.05, 0.1) is 5.57 Å². The summed E-state index contributed by atoms with van der Waals surface area (Å²) in [6, 6.07) is 0. The smallest absolute Gasteiger partial charge is 0.337 e. The van der Waals surface area contributed by atoms with Crippen molar-refractivity contribution in [2.45, 2.75) is 72.5 Å². The molecule has 3 aliphatic rings. The van der Waals surface area contributed by atoms with Crippen LogP contribution in [-0.2, 0) is 38.1 Å². The Labute approximate surface area is 201 Å². The van der Waals surface area contributed by atoms with Gasteiger partial charge in [0.15, 0.2) is 0 Å². The molecule has 0 amide bonds. The molecule has 0 spiro atoms. The number of esters is 4. The van der Waals surface area contributed by atoms with Gasteiger partial charge >= 0.3 is 23.9 Å². The predicted molar refractivity (Wildman–Crippen MR) is 122 cm³/mol. The van der Waals surface area contributed by atoms with E-state index in [0.717, 1.165) is 18.4 Å². The van der Waals surface area contributed by atoms with Gasteiger partial charge in [0.25, 0.3) is 0 Å². The monoisotopic (exact) mass is 476 g/mol. The topological polar surface area (TPSA) is 105 Å². The highest BCUT2D eigenvalue weighted by Crippen LogP contribution is 2.58. The average Bonchev–Trinajstić information content (AvgIpc) is 3.16. The number of hydrogen-bond acceptors (Lipinski definition) is 8. The highest BCUT2D eigenvalue weighted by Gasteiger charge is 2.57. The second-order valence-corrected chi connectivity index (χ2v) is 10.2.